The van der Waals surface area contributed by atoms with Crippen LogP contribution in [0.5, 0.6) is 0 Å². The zero-order chi connectivity index (χ0) is 11.1. The third kappa shape index (κ3) is 5.14. The molecular formula is C11H22ClNO3. The molecule has 1 heterocycles. The number of unbranched alkanes of at least 4 members (excludes halogenated alkanes) is 1. The first kappa shape index (κ1) is 15.7. The zero-order valence-corrected chi connectivity index (χ0v) is 10.7. The van der Waals surface area contributed by atoms with Crippen molar-refractivity contribution in [2.75, 3.05) is 26.8 Å². The van der Waals surface area contributed by atoms with Gasteiger partial charge in [-0.05, 0) is 38.8 Å². The van der Waals surface area contributed by atoms with Crippen molar-refractivity contribution in [3.05, 3.63) is 0 Å². The van der Waals surface area contributed by atoms with Crippen molar-refractivity contribution in [2.24, 2.45) is 0 Å². The Morgan fingerprint density at radius 2 is 2.19 bits per heavy atom. The van der Waals surface area contributed by atoms with Crippen LogP contribution in [0, 0.1) is 0 Å². The second kappa shape index (κ2) is 8.79. The molecule has 0 saturated carbocycles. The summed E-state index contributed by atoms with van der Waals surface area (Å²) in [5, 5.41) is 9.05. The van der Waals surface area contributed by atoms with Crippen LogP contribution >= 0.6 is 12.4 Å². The van der Waals surface area contributed by atoms with Crippen LogP contribution in [-0.4, -0.2) is 48.8 Å². The van der Waals surface area contributed by atoms with E-state index in [4.69, 9.17) is 9.84 Å². The van der Waals surface area contributed by atoms with Gasteiger partial charge in [-0.1, -0.05) is 6.42 Å². The molecule has 1 fully saturated rings. The molecule has 1 aliphatic heterocycles. The Bertz CT molecular complexity index is 202. The van der Waals surface area contributed by atoms with Gasteiger partial charge < -0.3 is 9.84 Å². The number of ether oxygens (including phenoxy) is 1. The normalized spacial score (nSPS) is 21.4. The fraction of sp³-hybridized carbons (Fsp3) is 0.909. The van der Waals surface area contributed by atoms with E-state index in [-0.39, 0.29) is 18.4 Å². The van der Waals surface area contributed by atoms with Crippen molar-refractivity contribution in [1.29, 1.82) is 0 Å². The molecule has 96 valence electrons. The van der Waals surface area contributed by atoms with Gasteiger partial charge in [0, 0.05) is 13.7 Å². The van der Waals surface area contributed by atoms with Crippen LogP contribution in [0.15, 0.2) is 0 Å². The second-order valence-electron chi connectivity index (χ2n) is 4.09. The minimum Gasteiger partial charge on any atom is -0.480 e. The molecule has 1 atom stereocenters. The number of aliphatic carboxylic acids is 1. The number of carboxylic acids is 1. The van der Waals surface area contributed by atoms with Crippen LogP contribution in [0.25, 0.3) is 0 Å². The Balaban J connectivity index is 0.00000225. The van der Waals surface area contributed by atoms with E-state index in [0.717, 1.165) is 51.8 Å². The monoisotopic (exact) mass is 251 g/mol. The summed E-state index contributed by atoms with van der Waals surface area (Å²) >= 11 is 0. The summed E-state index contributed by atoms with van der Waals surface area (Å²) in [5.74, 6) is -0.665. The lowest BCUT2D eigenvalue weighted by Gasteiger charge is -2.32. The number of carbonyl (C=O) groups is 1. The molecule has 1 unspecified atom stereocenters. The number of rotatable bonds is 6. The first-order valence-electron chi connectivity index (χ1n) is 5.71. The first-order chi connectivity index (χ1) is 7.25. The SMILES string of the molecule is COCCCCN1CCCCC1C(=O)O.Cl. The van der Waals surface area contributed by atoms with Crippen LogP contribution < -0.4 is 0 Å². The molecule has 16 heavy (non-hydrogen) atoms. The average Bonchev–Trinajstić information content (AvgIpc) is 2.25. The molecule has 0 aromatic carbocycles. The van der Waals surface area contributed by atoms with Crippen LogP contribution in [0.2, 0.25) is 0 Å². The van der Waals surface area contributed by atoms with Gasteiger partial charge in [-0.15, -0.1) is 12.4 Å². The van der Waals surface area contributed by atoms with Crippen molar-refractivity contribution < 1.29 is 14.6 Å². The van der Waals surface area contributed by atoms with Gasteiger partial charge in [-0.3, -0.25) is 9.69 Å². The summed E-state index contributed by atoms with van der Waals surface area (Å²) in [6.45, 7) is 2.59. The minimum absolute atomic E-state index is 0. The van der Waals surface area contributed by atoms with Gasteiger partial charge in [0.25, 0.3) is 0 Å². The summed E-state index contributed by atoms with van der Waals surface area (Å²) in [7, 11) is 1.70. The summed E-state index contributed by atoms with van der Waals surface area (Å²) < 4.78 is 4.97. The zero-order valence-electron chi connectivity index (χ0n) is 9.85. The lowest BCUT2D eigenvalue weighted by atomic mass is 10.0. The topological polar surface area (TPSA) is 49.8 Å². The highest BCUT2D eigenvalue weighted by Gasteiger charge is 2.27. The average molecular weight is 252 g/mol. The van der Waals surface area contributed by atoms with Gasteiger partial charge >= 0.3 is 5.97 Å². The Kier molecular flexibility index (Phi) is 8.61. The van der Waals surface area contributed by atoms with Gasteiger partial charge in [0.15, 0.2) is 0 Å². The molecule has 5 heteroatoms. The second-order valence-corrected chi connectivity index (χ2v) is 4.09. The van der Waals surface area contributed by atoms with E-state index in [1.807, 2.05) is 0 Å². The maximum atomic E-state index is 11.0. The Labute approximate surface area is 103 Å². The van der Waals surface area contributed by atoms with Gasteiger partial charge in [-0.2, -0.15) is 0 Å². The van der Waals surface area contributed by atoms with Crippen LogP contribution in [0.3, 0.4) is 0 Å². The van der Waals surface area contributed by atoms with Gasteiger partial charge in [0.2, 0.25) is 0 Å². The summed E-state index contributed by atoms with van der Waals surface area (Å²) in [5.41, 5.74) is 0. The molecule has 0 aromatic heterocycles. The minimum atomic E-state index is -0.665. The van der Waals surface area contributed by atoms with Gasteiger partial charge in [-0.25, -0.2) is 0 Å². The van der Waals surface area contributed by atoms with E-state index in [1.54, 1.807) is 7.11 Å². The van der Waals surface area contributed by atoms with E-state index in [0.29, 0.717) is 0 Å². The molecule has 0 aliphatic carbocycles. The lowest BCUT2D eigenvalue weighted by Crippen LogP contribution is -2.45. The van der Waals surface area contributed by atoms with Crippen molar-refractivity contribution in [3.63, 3.8) is 0 Å². The largest absolute Gasteiger partial charge is 0.480 e. The summed E-state index contributed by atoms with van der Waals surface area (Å²) in [4.78, 5) is 13.1. The van der Waals surface area contributed by atoms with E-state index < -0.39 is 5.97 Å². The molecule has 0 amide bonds. The van der Waals surface area contributed by atoms with Gasteiger partial charge in [0.05, 0.1) is 0 Å². The van der Waals surface area contributed by atoms with E-state index in [1.165, 1.54) is 0 Å². The highest BCUT2D eigenvalue weighted by Crippen LogP contribution is 2.17. The molecule has 4 nitrogen and oxygen atoms in total. The summed E-state index contributed by atoms with van der Waals surface area (Å²) in [6, 6.07) is -0.249. The van der Waals surface area contributed by atoms with Crippen molar-refractivity contribution in [3.8, 4) is 0 Å². The highest BCUT2D eigenvalue weighted by molar-refractivity contribution is 5.85. The van der Waals surface area contributed by atoms with E-state index >= 15 is 0 Å². The molecule has 1 N–H and O–H groups in total. The molecule has 1 saturated heterocycles. The Morgan fingerprint density at radius 3 is 2.81 bits per heavy atom. The maximum absolute atomic E-state index is 11.0. The number of likely N-dealkylation sites (tertiary alicyclic amines) is 1. The number of methoxy groups -OCH3 is 1. The van der Waals surface area contributed by atoms with Crippen molar-refractivity contribution in [1.82, 2.24) is 4.90 Å². The molecule has 0 bridgehead atoms. The smallest absolute Gasteiger partial charge is 0.320 e. The molecule has 0 spiro atoms. The number of hydrogen-bond acceptors (Lipinski definition) is 3. The predicted molar refractivity (Wildman–Crippen MR) is 65.2 cm³/mol. The number of hydrogen-bond donors (Lipinski definition) is 1. The van der Waals surface area contributed by atoms with Crippen molar-refractivity contribution in [2.45, 2.75) is 38.1 Å². The fourth-order valence-corrected chi connectivity index (χ4v) is 2.10. The predicted octanol–water partition coefficient (Wildman–Crippen LogP) is 1.77. The van der Waals surface area contributed by atoms with Crippen LogP contribution in [0.1, 0.15) is 32.1 Å². The quantitative estimate of drug-likeness (QED) is 0.731. The number of halogens is 1. The van der Waals surface area contributed by atoms with Gasteiger partial charge in [0.1, 0.15) is 6.04 Å². The standard InChI is InChI=1S/C11H21NO3.ClH/c1-15-9-5-4-8-12-7-3-2-6-10(12)11(13)14;/h10H,2-9H2,1H3,(H,13,14);1H. The van der Waals surface area contributed by atoms with E-state index in [9.17, 15) is 4.79 Å². The maximum Gasteiger partial charge on any atom is 0.320 e. The molecular weight excluding hydrogens is 230 g/mol. The van der Waals surface area contributed by atoms with Crippen molar-refractivity contribution >= 4 is 18.4 Å². The molecule has 0 aromatic rings. The third-order valence-corrected chi connectivity index (χ3v) is 2.94. The van der Waals surface area contributed by atoms with Crippen LogP contribution in [-0.2, 0) is 9.53 Å². The third-order valence-electron chi connectivity index (χ3n) is 2.94. The molecule has 1 aliphatic rings. The first-order valence-corrected chi connectivity index (χ1v) is 5.71. The number of carboxylic acid groups (broad SMARTS) is 1. The Morgan fingerprint density at radius 1 is 1.44 bits per heavy atom. The fourth-order valence-electron chi connectivity index (χ4n) is 2.10. The number of nitrogens with zero attached hydrogens (tertiary/aromatic N) is 1. The molecule has 0 radical (unpaired) electrons. The Hall–Kier alpha value is -0.320. The highest BCUT2D eigenvalue weighted by atomic mass is 35.5. The lowest BCUT2D eigenvalue weighted by molar-refractivity contribution is -0.144. The van der Waals surface area contributed by atoms with E-state index in [2.05, 4.69) is 4.90 Å². The number of piperidine rings is 1. The molecule has 1 rings (SSSR count). The summed E-state index contributed by atoms with van der Waals surface area (Å²) in [6.07, 6.45) is 5.02. The van der Waals surface area contributed by atoms with Crippen LogP contribution in [0.4, 0.5) is 0 Å².